The normalized spacial score (nSPS) is 16.9. The first kappa shape index (κ1) is 16.8. The zero-order valence-corrected chi connectivity index (χ0v) is 15.3. The van der Waals surface area contributed by atoms with Gasteiger partial charge in [0, 0.05) is 5.56 Å². The van der Waals surface area contributed by atoms with Crippen LogP contribution in [0, 0.1) is 0 Å². The monoisotopic (exact) mass is 394 g/mol. The first-order valence-electron chi connectivity index (χ1n) is 8.53. The first-order valence-corrected chi connectivity index (χ1v) is 9.58. The van der Waals surface area contributed by atoms with E-state index in [1.165, 1.54) is 16.7 Å². The number of fused-ring (bicyclic) bond motifs is 1. The van der Waals surface area contributed by atoms with Crippen LogP contribution in [0.25, 0.3) is 11.0 Å². The second-order valence-corrected chi connectivity index (χ2v) is 7.27. The van der Waals surface area contributed by atoms with E-state index in [1.54, 1.807) is 22.9 Å². The zero-order chi connectivity index (χ0) is 19.1. The molecule has 140 valence electrons. The highest BCUT2D eigenvalue weighted by Crippen LogP contribution is 2.43. The summed E-state index contributed by atoms with van der Waals surface area (Å²) in [6, 6.07) is 14.6. The highest BCUT2D eigenvalue weighted by atomic mass is 32.2. The van der Waals surface area contributed by atoms with Crippen LogP contribution in [-0.2, 0) is 11.3 Å². The Bertz CT molecular complexity index is 1170. The Kier molecular flexibility index (Phi) is 3.97. The highest BCUT2D eigenvalue weighted by Gasteiger charge is 2.38. The van der Waals surface area contributed by atoms with Gasteiger partial charge in [-0.05, 0) is 18.2 Å². The van der Waals surface area contributed by atoms with Gasteiger partial charge in [0.05, 0.1) is 11.3 Å². The first-order chi connectivity index (χ1) is 13.7. The van der Waals surface area contributed by atoms with Crippen LogP contribution >= 0.6 is 11.8 Å². The van der Waals surface area contributed by atoms with Gasteiger partial charge in [0.15, 0.2) is 0 Å². The second-order valence-electron chi connectivity index (χ2n) is 6.20. The summed E-state index contributed by atoms with van der Waals surface area (Å²) in [7, 11) is 0. The van der Waals surface area contributed by atoms with E-state index in [-0.39, 0.29) is 30.0 Å². The number of phenolic OH excluding ortho intramolecular Hbond substituents is 1. The molecule has 9 nitrogen and oxygen atoms in total. The second kappa shape index (κ2) is 6.64. The molecule has 28 heavy (non-hydrogen) atoms. The number of nitrogens with zero attached hydrogens (tertiary/aromatic N) is 6. The summed E-state index contributed by atoms with van der Waals surface area (Å²) < 4.78 is 7.41. The van der Waals surface area contributed by atoms with E-state index in [0.717, 1.165) is 11.0 Å². The molecule has 0 saturated carbocycles. The molecular weight excluding hydrogens is 380 g/mol. The number of hydrogen-bond acceptors (Lipinski definition) is 8. The zero-order valence-electron chi connectivity index (χ0n) is 14.5. The topological polar surface area (TPSA) is 110 Å². The number of carbonyl (C=O) groups is 1. The molecule has 1 aliphatic rings. The Morgan fingerprint density at radius 2 is 1.93 bits per heavy atom. The summed E-state index contributed by atoms with van der Waals surface area (Å²) in [4.78, 5) is 13.9. The lowest BCUT2D eigenvalue weighted by Crippen LogP contribution is -2.28. The van der Waals surface area contributed by atoms with Crippen molar-refractivity contribution in [3.63, 3.8) is 0 Å². The molecule has 0 radical (unpaired) electrons. The van der Waals surface area contributed by atoms with Gasteiger partial charge in [-0.15, -0.1) is 22.0 Å². The fourth-order valence-electron chi connectivity index (χ4n) is 3.13. The minimum Gasteiger partial charge on any atom is -0.508 e. The van der Waals surface area contributed by atoms with Gasteiger partial charge in [-0.2, -0.15) is 0 Å². The lowest BCUT2D eigenvalue weighted by Gasteiger charge is -2.20. The van der Waals surface area contributed by atoms with Crippen molar-refractivity contribution in [3.8, 4) is 5.75 Å². The quantitative estimate of drug-likeness (QED) is 0.562. The Morgan fingerprint density at radius 3 is 2.82 bits per heavy atom. The van der Waals surface area contributed by atoms with Crippen molar-refractivity contribution in [1.82, 2.24) is 25.2 Å². The maximum absolute atomic E-state index is 12.4. The molecule has 0 aliphatic carbocycles. The average molecular weight is 394 g/mol. The van der Waals surface area contributed by atoms with Gasteiger partial charge in [-0.25, -0.2) is 9.58 Å². The molecule has 1 N–H and O–H groups in total. The molecule has 1 atom stereocenters. The number of phenols is 1. The van der Waals surface area contributed by atoms with Gasteiger partial charge < -0.3 is 9.52 Å². The minimum atomic E-state index is -0.422. The van der Waals surface area contributed by atoms with E-state index >= 15 is 0 Å². The summed E-state index contributed by atoms with van der Waals surface area (Å²) in [6.07, 6.45) is 0. The lowest BCUT2D eigenvalue weighted by atomic mass is 10.2. The van der Waals surface area contributed by atoms with E-state index in [9.17, 15) is 9.90 Å². The lowest BCUT2D eigenvalue weighted by molar-refractivity contribution is -0.116. The van der Waals surface area contributed by atoms with Crippen LogP contribution < -0.4 is 4.90 Å². The molecule has 1 fully saturated rings. The van der Waals surface area contributed by atoms with Gasteiger partial charge in [-0.3, -0.25) is 4.79 Å². The molecule has 2 aromatic heterocycles. The van der Waals surface area contributed by atoms with Crippen LogP contribution in [0.1, 0.15) is 16.8 Å². The molecule has 3 heterocycles. The number of para-hydroxylation sites is 2. The molecule has 1 saturated heterocycles. The molecule has 0 spiro atoms. The molecule has 1 aliphatic heterocycles. The van der Waals surface area contributed by atoms with Crippen LogP contribution in [0.3, 0.4) is 0 Å². The van der Waals surface area contributed by atoms with Crippen LogP contribution in [0.2, 0.25) is 0 Å². The summed E-state index contributed by atoms with van der Waals surface area (Å²) in [5, 5.41) is 26.1. The van der Waals surface area contributed by atoms with Gasteiger partial charge in [-0.1, -0.05) is 40.6 Å². The van der Waals surface area contributed by atoms with E-state index in [2.05, 4.69) is 20.5 Å². The third-order valence-corrected chi connectivity index (χ3v) is 5.63. The van der Waals surface area contributed by atoms with E-state index < -0.39 is 5.37 Å². The predicted octanol–water partition coefficient (Wildman–Crippen LogP) is 2.35. The van der Waals surface area contributed by atoms with Gasteiger partial charge >= 0.3 is 6.01 Å². The summed E-state index contributed by atoms with van der Waals surface area (Å²) in [6.45, 7) is 0.240. The Hall–Kier alpha value is -3.40. The summed E-state index contributed by atoms with van der Waals surface area (Å²) >= 11 is 1.40. The number of benzene rings is 2. The SMILES string of the molecule is O=C1CSC(c2ccccc2O)N1c1nnc(Cn2nnc3ccccc32)o1. The number of carbonyl (C=O) groups excluding carboxylic acids is 1. The maximum atomic E-state index is 12.4. The fourth-order valence-corrected chi connectivity index (χ4v) is 4.30. The van der Waals surface area contributed by atoms with Gasteiger partial charge in [0.2, 0.25) is 11.8 Å². The molecule has 5 rings (SSSR count). The van der Waals surface area contributed by atoms with Crippen molar-refractivity contribution in [2.75, 3.05) is 10.7 Å². The van der Waals surface area contributed by atoms with Crippen molar-refractivity contribution in [2.45, 2.75) is 11.9 Å². The highest BCUT2D eigenvalue weighted by molar-refractivity contribution is 8.00. The smallest absolute Gasteiger partial charge is 0.326 e. The molecule has 2 aromatic carbocycles. The molecule has 0 bridgehead atoms. The maximum Gasteiger partial charge on any atom is 0.326 e. The number of anilines is 1. The largest absolute Gasteiger partial charge is 0.508 e. The van der Waals surface area contributed by atoms with Crippen molar-refractivity contribution in [3.05, 3.63) is 60.0 Å². The summed E-state index contributed by atoms with van der Waals surface area (Å²) in [5.41, 5.74) is 2.25. The molecular formula is C18H14N6O3S. The van der Waals surface area contributed by atoms with Crippen LogP contribution in [-0.4, -0.2) is 42.0 Å². The van der Waals surface area contributed by atoms with Crippen molar-refractivity contribution in [2.24, 2.45) is 0 Å². The van der Waals surface area contributed by atoms with Crippen molar-refractivity contribution >= 4 is 34.7 Å². The number of hydrogen-bond donors (Lipinski definition) is 1. The van der Waals surface area contributed by atoms with Crippen LogP contribution in [0.4, 0.5) is 6.01 Å². The van der Waals surface area contributed by atoms with Gasteiger partial charge in [0.1, 0.15) is 23.2 Å². The molecule has 1 amide bonds. The number of rotatable bonds is 4. The fraction of sp³-hybridized carbons (Fsp3) is 0.167. The molecule has 4 aromatic rings. The third-order valence-electron chi connectivity index (χ3n) is 4.44. The number of aromatic hydroxyl groups is 1. The Labute approximate surface area is 163 Å². The number of amides is 1. The van der Waals surface area contributed by atoms with Crippen molar-refractivity contribution in [1.29, 1.82) is 0 Å². The van der Waals surface area contributed by atoms with E-state index in [0.29, 0.717) is 11.5 Å². The predicted molar refractivity (Wildman–Crippen MR) is 102 cm³/mol. The van der Waals surface area contributed by atoms with Gasteiger partial charge in [0.25, 0.3) is 0 Å². The van der Waals surface area contributed by atoms with E-state index in [4.69, 9.17) is 4.42 Å². The number of aromatic nitrogens is 5. The van der Waals surface area contributed by atoms with Crippen LogP contribution in [0.5, 0.6) is 5.75 Å². The minimum absolute atomic E-state index is 0.0997. The third kappa shape index (κ3) is 2.78. The average Bonchev–Trinajstić information content (AvgIpc) is 3.42. The van der Waals surface area contributed by atoms with Crippen LogP contribution in [0.15, 0.2) is 52.9 Å². The molecule has 10 heteroatoms. The number of thioether (sulfide) groups is 1. The Balaban J connectivity index is 1.44. The standard InChI is InChI=1S/C18H14N6O3S/c25-14-8-4-1-5-11(14)17-24(16(26)10-28-17)18-21-20-15(27-18)9-23-13-7-3-2-6-12(13)19-22-23/h1-8,17,25H,9-10H2. The van der Waals surface area contributed by atoms with E-state index in [1.807, 2.05) is 30.3 Å². The van der Waals surface area contributed by atoms with Crippen molar-refractivity contribution < 1.29 is 14.3 Å². The molecule has 1 unspecified atom stereocenters. The Morgan fingerprint density at radius 1 is 1.11 bits per heavy atom. The summed E-state index contributed by atoms with van der Waals surface area (Å²) in [5.74, 6) is 0.546.